The van der Waals surface area contributed by atoms with Crippen molar-refractivity contribution in [2.75, 3.05) is 13.2 Å². The Bertz CT molecular complexity index is 420. The van der Waals surface area contributed by atoms with E-state index < -0.39 is 12.2 Å². The molecule has 1 aliphatic rings. The normalized spacial score (nSPS) is 18.0. The molecule has 2 rings (SSSR count). The maximum absolute atomic E-state index is 11.5. The number of alkyl carbamates (subject to hydrolysis) is 1. The standard InChI is InChI=1S/C16H23NO4/c18-14(8-4-5-9-15-12-20-15)10-17-16(19)21-11-13-6-2-1-3-7-13/h1-3,6-7,14-15,18H,4-5,8-12H2,(H,17,19)/t14-,15+/m0/s1. The molecule has 0 unspecified atom stereocenters. The van der Waals surface area contributed by atoms with Crippen molar-refractivity contribution in [1.29, 1.82) is 0 Å². The first kappa shape index (κ1) is 15.8. The Morgan fingerprint density at radius 3 is 2.86 bits per heavy atom. The van der Waals surface area contributed by atoms with E-state index in [1.54, 1.807) is 0 Å². The highest BCUT2D eigenvalue weighted by Crippen LogP contribution is 2.17. The summed E-state index contributed by atoms with van der Waals surface area (Å²) in [5.41, 5.74) is 0.940. The Balaban J connectivity index is 1.49. The van der Waals surface area contributed by atoms with Crippen LogP contribution in [0.25, 0.3) is 0 Å². The van der Waals surface area contributed by atoms with Gasteiger partial charge < -0.3 is 19.9 Å². The molecule has 1 aliphatic heterocycles. The molecule has 0 saturated carbocycles. The van der Waals surface area contributed by atoms with Gasteiger partial charge in [0.05, 0.1) is 18.8 Å². The van der Waals surface area contributed by atoms with Crippen molar-refractivity contribution in [3.63, 3.8) is 0 Å². The second-order valence-electron chi connectivity index (χ2n) is 5.34. The second kappa shape index (κ2) is 8.64. The van der Waals surface area contributed by atoms with Crippen LogP contribution in [-0.2, 0) is 16.1 Å². The molecule has 0 aliphatic carbocycles. The number of hydrogen-bond donors (Lipinski definition) is 2. The number of rotatable bonds is 9. The van der Waals surface area contributed by atoms with Gasteiger partial charge in [0.1, 0.15) is 6.61 Å². The zero-order chi connectivity index (χ0) is 14.9. The highest BCUT2D eigenvalue weighted by Gasteiger charge is 2.21. The van der Waals surface area contributed by atoms with E-state index in [2.05, 4.69) is 5.32 Å². The third kappa shape index (κ3) is 7.11. The molecule has 1 saturated heterocycles. The summed E-state index contributed by atoms with van der Waals surface area (Å²) in [5.74, 6) is 0. The fourth-order valence-corrected chi connectivity index (χ4v) is 2.06. The van der Waals surface area contributed by atoms with Crippen molar-refractivity contribution >= 4 is 6.09 Å². The van der Waals surface area contributed by atoms with Crippen LogP contribution in [0.15, 0.2) is 30.3 Å². The van der Waals surface area contributed by atoms with E-state index in [-0.39, 0.29) is 13.2 Å². The number of carbonyl (C=O) groups excluding carboxylic acids is 1. The summed E-state index contributed by atoms with van der Waals surface area (Å²) < 4.78 is 10.2. The zero-order valence-electron chi connectivity index (χ0n) is 12.2. The van der Waals surface area contributed by atoms with Gasteiger partial charge in [-0.1, -0.05) is 43.2 Å². The predicted molar refractivity (Wildman–Crippen MR) is 78.8 cm³/mol. The maximum atomic E-state index is 11.5. The Morgan fingerprint density at radius 2 is 2.14 bits per heavy atom. The lowest BCUT2D eigenvalue weighted by Gasteiger charge is -2.12. The molecule has 1 amide bonds. The van der Waals surface area contributed by atoms with Gasteiger partial charge >= 0.3 is 6.09 Å². The highest BCUT2D eigenvalue weighted by atomic mass is 16.6. The average Bonchev–Trinajstić information content (AvgIpc) is 3.33. The van der Waals surface area contributed by atoms with Gasteiger partial charge in [-0.25, -0.2) is 4.79 Å². The Morgan fingerprint density at radius 1 is 1.38 bits per heavy atom. The number of ether oxygens (including phenoxy) is 2. The highest BCUT2D eigenvalue weighted by molar-refractivity contribution is 5.67. The van der Waals surface area contributed by atoms with Gasteiger partial charge in [0.25, 0.3) is 0 Å². The van der Waals surface area contributed by atoms with E-state index in [4.69, 9.17) is 9.47 Å². The van der Waals surface area contributed by atoms with Crippen LogP contribution in [0.5, 0.6) is 0 Å². The fraction of sp³-hybridized carbons (Fsp3) is 0.562. The molecule has 1 aromatic carbocycles. The molecule has 116 valence electrons. The summed E-state index contributed by atoms with van der Waals surface area (Å²) in [6, 6.07) is 9.49. The first-order chi connectivity index (χ1) is 10.2. The van der Waals surface area contributed by atoms with Crippen molar-refractivity contribution < 1.29 is 19.4 Å². The van der Waals surface area contributed by atoms with Crippen molar-refractivity contribution in [2.24, 2.45) is 0 Å². The molecule has 5 heteroatoms. The molecule has 2 atom stereocenters. The molecule has 1 heterocycles. The third-order valence-corrected chi connectivity index (χ3v) is 3.41. The number of aliphatic hydroxyl groups excluding tert-OH is 1. The van der Waals surface area contributed by atoms with Gasteiger partial charge in [0, 0.05) is 6.54 Å². The Hall–Kier alpha value is -1.59. The molecular weight excluding hydrogens is 270 g/mol. The number of amides is 1. The topological polar surface area (TPSA) is 71.1 Å². The second-order valence-corrected chi connectivity index (χ2v) is 5.34. The number of unbranched alkanes of at least 4 members (excludes halogenated alkanes) is 1. The van der Waals surface area contributed by atoms with Gasteiger partial charge in [0.15, 0.2) is 0 Å². The summed E-state index contributed by atoms with van der Waals surface area (Å²) in [7, 11) is 0. The van der Waals surface area contributed by atoms with E-state index in [1.165, 1.54) is 0 Å². The number of benzene rings is 1. The summed E-state index contributed by atoms with van der Waals surface area (Å²) in [5, 5.41) is 12.3. The largest absolute Gasteiger partial charge is 0.445 e. The van der Waals surface area contributed by atoms with Crippen molar-refractivity contribution in [3.05, 3.63) is 35.9 Å². The molecule has 1 fully saturated rings. The number of nitrogens with one attached hydrogen (secondary N) is 1. The molecule has 1 aromatic rings. The van der Waals surface area contributed by atoms with Crippen LogP contribution in [-0.4, -0.2) is 36.6 Å². The van der Waals surface area contributed by atoms with Gasteiger partial charge in [-0.15, -0.1) is 0 Å². The van der Waals surface area contributed by atoms with Crippen molar-refractivity contribution in [1.82, 2.24) is 5.32 Å². The SMILES string of the molecule is O=C(NC[C@@H](O)CCCC[C@@H]1CO1)OCc1ccccc1. The maximum Gasteiger partial charge on any atom is 0.407 e. The smallest absolute Gasteiger partial charge is 0.407 e. The van der Waals surface area contributed by atoms with Crippen LogP contribution in [0.4, 0.5) is 4.79 Å². The molecule has 0 radical (unpaired) electrons. The minimum atomic E-state index is -0.519. The van der Waals surface area contributed by atoms with Crippen LogP contribution >= 0.6 is 0 Å². The first-order valence-corrected chi connectivity index (χ1v) is 7.48. The summed E-state index contributed by atoms with van der Waals surface area (Å²) in [6.45, 7) is 1.36. The lowest BCUT2D eigenvalue weighted by molar-refractivity contribution is 0.122. The van der Waals surface area contributed by atoms with Crippen molar-refractivity contribution in [3.8, 4) is 0 Å². The van der Waals surface area contributed by atoms with Crippen LogP contribution in [0.2, 0.25) is 0 Å². The molecule has 21 heavy (non-hydrogen) atoms. The Kier molecular flexibility index (Phi) is 6.50. The number of epoxide rings is 1. The summed E-state index contributed by atoms with van der Waals surface area (Å²) >= 11 is 0. The zero-order valence-corrected chi connectivity index (χ0v) is 12.2. The van der Waals surface area contributed by atoms with E-state index in [1.807, 2.05) is 30.3 Å². The van der Waals surface area contributed by atoms with Gasteiger partial charge in [-0.05, 0) is 18.4 Å². The van der Waals surface area contributed by atoms with E-state index >= 15 is 0 Å². The fourth-order valence-electron chi connectivity index (χ4n) is 2.06. The molecule has 2 N–H and O–H groups in total. The van der Waals surface area contributed by atoms with Crippen molar-refractivity contribution in [2.45, 2.75) is 44.5 Å². The van der Waals surface area contributed by atoms with Crippen LogP contribution in [0, 0.1) is 0 Å². The quantitative estimate of drug-likeness (QED) is 0.541. The summed E-state index contributed by atoms with van der Waals surface area (Å²) in [6.07, 6.45) is 3.19. The average molecular weight is 293 g/mol. The molecule has 5 nitrogen and oxygen atoms in total. The lowest BCUT2D eigenvalue weighted by atomic mass is 10.1. The third-order valence-electron chi connectivity index (χ3n) is 3.41. The minimum Gasteiger partial charge on any atom is -0.445 e. The van der Waals surface area contributed by atoms with Gasteiger partial charge in [-0.3, -0.25) is 0 Å². The first-order valence-electron chi connectivity index (χ1n) is 7.48. The minimum absolute atomic E-state index is 0.230. The van der Waals surface area contributed by atoms with E-state index in [0.717, 1.165) is 31.4 Å². The summed E-state index contributed by atoms with van der Waals surface area (Å²) in [4.78, 5) is 11.5. The monoisotopic (exact) mass is 293 g/mol. The van der Waals surface area contributed by atoms with Gasteiger partial charge in [0.2, 0.25) is 0 Å². The number of hydrogen-bond acceptors (Lipinski definition) is 4. The molecule has 0 spiro atoms. The number of carbonyl (C=O) groups is 1. The van der Waals surface area contributed by atoms with Crippen LogP contribution in [0.1, 0.15) is 31.2 Å². The van der Waals surface area contributed by atoms with Crippen LogP contribution in [0.3, 0.4) is 0 Å². The number of aliphatic hydroxyl groups is 1. The predicted octanol–water partition coefficient (Wildman–Crippen LogP) is 2.23. The lowest BCUT2D eigenvalue weighted by Crippen LogP contribution is -2.32. The van der Waals surface area contributed by atoms with E-state index in [9.17, 15) is 9.90 Å². The van der Waals surface area contributed by atoms with Gasteiger partial charge in [-0.2, -0.15) is 0 Å². The molecular formula is C16H23NO4. The van der Waals surface area contributed by atoms with Crippen LogP contribution < -0.4 is 5.32 Å². The molecule has 0 bridgehead atoms. The Labute approximate surface area is 125 Å². The molecule has 0 aromatic heterocycles. The van der Waals surface area contributed by atoms with E-state index in [0.29, 0.717) is 12.5 Å².